The minimum Gasteiger partial charge on any atom is -0.489 e. The molecular formula is C22H17N3OS. The van der Waals surface area contributed by atoms with Crippen molar-refractivity contribution >= 4 is 17.0 Å². The van der Waals surface area contributed by atoms with Crippen LogP contribution in [-0.2, 0) is 6.61 Å². The molecule has 1 N–H and O–H groups in total. The third-order valence-corrected chi connectivity index (χ3v) is 5.15. The number of nitrogens with one attached hydrogen (secondary N) is 1. The van der Waals surface area contributed by atoms with Gasteiger partial charge in [-0.3, -0.25) is 0 Å². The Hall–Kier alpha value is -3.36. The molecule has 0 aliphatic heterocycles. The van der Waals surface area contributed by atoms with Gasteiger partial charge in [0, 0.05) is 5.56 Å². The Kier molecular flexibility index (Phi) is 4.73. The van der Waals surface area contributed by atoms with E-state index in [-0.39, 0.29) is 0 Å². The van der Waals surface area contributed by atoms with Crippen molar-refractivity contribution in [2.24, 2.45) is 0 Å². The second-order valence-corrected chi connectivity index (χ2v) is 7.12. The molecule has 0 unspecified atom stereocenters. The maximum atomic E-state index is 7.00. The molecule has 0 aliphatic rings. The van der Waals surface area contributed by atoms with Crippen molar-refractivity contribution in [3.05, 3.63) is 88.7 Å². The quantitative estimate of drug-likeness (QED) is 0.422. The van der Waals surface area contributed by atoms with Gasteiger partial charge >= 0.3 is 0 Å². The van der Waals surface area contributed by atoms with E-state index < -0.39 is 0 Å². The number of ether oxygens (including phenoxy) is 1. The summed E-state index contributed by atoms with van der Waals surface area (Å²) >= 11 is 1.67. The standard InChI is InChI=1S/C22H17N3OS/c1-15-12-17(19-13-24-22(25-19)21-4-3-11-27-21)7-10-20(15)26-14-16-5-8-18(23-2)9-6-16/h3-13H,14H2,1H3,(H,24,25). The number of nitrogens with zero attached hydrogens (tertiary/aromatic N) is 2. The monoisotopic (exact) mass is 371 g/mol. The number of rotatable bonds is 5. The lowest BCUT2D eigenvalue weighted by atomic mass is 10.1. The number of thiophene rings is 1. The fraction of sp³-hybridized carbons (Fsp3) is 0.0909. The minimum absolute atomic E-state index is 0.477. The zero-order chi connectivity index (χ0) is 18.6. The molecule has 0 spiro atoms. The molecule has 4 rings (SSSR count). The highest BCUT2D eigenvalue weighted by atomic mass is 32.1. The molecule has 2 aromatic heterocycles. The fourth-order valence-corrected chi connectivity index (χ4v) is 3.49. The van der Waals surface area contributed by atoms with Crippen molar-refractivity contribution < 1.29 is 4.74 Å². The molecule has 0 saturated heterocycles. The highest BCUT2D eigenvalue weighted by Gasteiger charge is 2.08. The predicted molar refractivity (Wildman–Crippen MR) is 109 cm³/mol. The van der Waals surface area contributed by atoms with Crippen LogP contribution < -0.4 is 4.74 Å². The molecule has 2 heterocycles. The summed E-state index contributed by atoms with van der Waals surface area (Å²) in [6, 6.07) is 17.7. The Morgan fingerprint density at radius 3 is 2.70 bits per heavy atom. The van der Waals surface area contributed by atoms with Crippen molar-refractivity contribution in [2.45, 2.75) is 13.5 Å². The summed E-state index contributed by atoms with van der Waals surface area (Å²) in [7, 11) is 0. The molecule has 132 valence electrons. The number of imidazole rings is 1. The molecular weight excluding hydrogens is 354 g/mol. The van der Waals surface area contributed by atoms with Crippen molar-refractivity contribution in [2.75, 3.05) is 0 Å². The van der Waals surface area contributed by atoms with E-state index in [4.69, 9.17) is 11.3 Å². The molecule has 27 heavy (non-hydrogen) atoms. The van der Waals surface area contributed by atoms with Gasteiger partial charge in [0.15, 0.2) is 5.69 Å². The molecule has 0 bridgehead atoms. The predicted octanol–water partition coefficient (Wildman–Crippen LogP) is 6.24. The van der Waals surface area contributed by atoms with Gasteiger partial charge in [-0.25, -0.2) is 9.83 Å². The van der Waals surface area contributed by atoms with Gasteiger partial charge < -0.3 is 9.72 Å². The second kappa shape index (κ2) is 7.48. The number of benzene rings is 2. The number of aryl methyl sites for hydroxylation is 1. The maximum Gasteiger partial charge on any atom is 0.187 e. The van der Waals surface area contributed by atoms with Crippen LogP contribution in [0.4, 0.5) is 5.69 Å². The second-order valence-electron chi connectivity index (χ2n) is 6.17. The molecule has 0 aliphatic carbocycles. The zero-order valence-corrected chi connectivity index (χ0v) is 15.6. The van der Waals surface area contributed by atoms with E-state index >= 15 is 0 Å². The van der Waals surface area contributed by atoms with Crippen LogP contribution in [-0.4, -0.2) is 9.97 Å². The molecule has 5 heteroatoms. The summed E-state index contributed by atoms with van der Waals surface area (Å²) in [4.78, 5) is 12.4. The van der Waals surface area contributed by atoms with Gasteiger partial charge in [0.25, 0.3) is 0 Å². The third kappa shape index (κ3) is 3.76. The van der Waals surface area contributed by atoms with Crippen LogP contribution in [0.25, 0.3) is 26.8 Å². The Labute approximate surface area is 161 Å². The Morgan fingerprint density at radius 1 is 1.15 bits per heavy atom. The van der Waals surface area contributed by atoms with E-state index in [2.05, 4.69) is 26.9 Å². The first-order chi connectivity index (χ1) is 13.2. The van der Waals surface area contributed by atoms with Gasteiger partial charge in [-0.15, -0.1) is 11.3 Å². The first kappa shape index (κ1) is 17.1. The summed E-state index contributed by atoms with van der Waals surface area (Å²) in [5.74, 6) is 1.74. The van der Waals surface area contributed by atoms with Crippen LogP contribution in [0.3, 0.4) is 0 Å². The Balaban J connectivity index is 1.48. The lowest BCUT2D eigenvalue weighted by Gasteiger charge is -2.10. The van der Waals surface area contributed by atoms with Crippen LogP contribution in [0.15, 0.2) is 66.2 Å². The largest absolute Gasteiger partial charge is 0.489 e. The van der Waals surface area contributed by atoms with Crippen LogP contribution >= 0.6 is 11.3 Å². The summed E-state index contributed by atoms with van der Waals surface area (Å²) in [5.41, 5.74) is 4.82. The maximum absolute atomic E-state index is 7.00. The third-order valence-electron chi connectivity index (χ3n) is 4.28. The highest BCUT2D eigenvalue weighted by Crippen LogP contribution is 2.29. The lowest BCUT2D eigenvalue weighted by molar-refractivity contribution is 0.304. The lowest BCUT2D eigenvalue weighted by Crippen LogP contribution is -1.97. The van der Waals surface area contributed by atoms with Gasteiger partial charge in [0.1, 0.15) is 18.2 Å². The van der Waals surface area contributed by atoms with E-state index in [9.17, 15) is 0 Å². The highest BCUT2D eigenvalue weighted by molar-refractivity contribution is 7.13. The Morgan fingerprint density at radius 2 is 2.00 bits per heavy atom. The normalized spacial score (nSPS) is 10.5. The van der Waals surface area contributed by atoms with Crippen molar-refractivity contribution in [1.82, 2.24) is 9.97 Å². The summed E-state index contributed by atoms with van der Waals surface area (Å²) in [5, 5.41) is 2.04. The van der Waals surface area contributed by atoms with Crippen LogP contribution in [0, 0.1) is 13.5 Å². The van der Waals surface area contributed by atoms with E-state index in [1.54, 1.807) is 11.3 Å². The first-order valence-electron chi connectivity index (χ1n) is 8.52. The van der Waals surface area contributed by atoms with Crippen LogP contribution in [0.2, 0.25) is 0 Å². The Bertz CT molecular complexity index is 1090. The van der Waals surface area contributed by atoms with E-state index in [0.29, 0.717) is 12.3 Å². The van der Waals surface area contributed by atoms with Gasteiger partial charge in [-0.1, -0.05) is 30.3 Å². The van der Waals surface area contributed by atoms with Gasteiger partial charge in [-0.05, 0) is 47.7 Å². The number of hydrogen-bond acceptors (Lipinski definition) is 3. The van der Waals surface area contributed by atoms with E-state index in [1.165, 1.54) is 0 Å². The van der Waals surface area contributed by atoms with Gasteiger partial charge in [0.05, 0.1) is 23.3 Å². The number of hydrogen-bond donors (Lipinski definition) is 1. The van der Waals surface area contributed by atoms with Gasteiger partial charge in [0.2, 0.25) is 0 Å². The van der Waals surface area contributed by atoms with Gasteiger partial charge in [-0.2, -0.15) is 0 Å². The minimum atomic E-state index is 0.477. The zero-order valence-electron chi connectivity index (χ0n) is 14.8. The van der Waals surface area contributed by atoms with E-state index in [0.717, 1.165) is 38.8 Å². The fourth-order valence-electron chi connectivity index (χ4n) is 2.81. The first-order valence-corrected chi connectivity index (χ1v) is 9.40. The van der Waals surface area contributed by atoms with E-state index in [1.807, 2.05) is 61.0 Å². The van der Waals surface area contributed by atoms with Crippen molar-refractivity contribution in [3.63, 3.8) is 0 Å². The number of aromatic nitrogens is 2. The molecule has 2 aromatic carbocycles. The molecule has 4 aromatic rings. The molecule has 0 amide bonds. The van der Waals surface area contributed by atoms with Crippen LogP contribution in [0.5, 0.6) is 5.75 Å². The van der Waals surface area contributed by atoms with Crippen molar-refractivity contribution in [1.29, 1.82) is 0 Å². The van der Waals surface area contributed by atoms with Crippen LogP contribution in [0.1, 0.15) is 11.1 Å². The smallest absolute Gasteiger partial charge is 0.187 e. The summed E-state index contributed by atoms with van der Waals surface area (Å²) in [6.45, 7) is 9.52. The number of H-pyrrole nitrogens is 1. The average molecular weight is 371 g/mol. The SMILES string of the molecule is [C-]#[N+]c1ccc(COc2ccc(-c3cnc(-c4cccs4)[nH]3)cc2C)cc1. The summed E-state index contributed by atoms with van der Waals surface area (Å²) < 4.78 is 5.95. The molecule has 4 nitrogen and oxygen atoms in total. The molecule has 0 atom stereocenters. The topological polar surface area (TPSA) is 42.3 Å². The molecule has 0 radical (unpaired) electrons. The average Bonchev–Trinajstić information content (AvgIpc) is 3.39. The summed E-state index contributed by atoms with van der Waals surface area (Å²) in [6.07, 6.45) is 1.86. The molecule has 0 saturated carbocycles. The molecule has 0 fully saturated rings. The van der Waals surface area contributed by atoms with Crippen molar-refractivity contribution in [3.8, 4) is 27.7 Å². The number of aromatic amines is 1.